The lowest BCUT2D eigenvalue weighted by Crippen LogP contribution is -2.28. The van der Waals surface area contributed by atoms with Crippen LogP contribution in [0.2, 0.25) is 0 Å². The van der Waals surface area contributed by atoms with E-state index in [2.05, 4.69) is 32.3 Å². The minimum Gasteiger partial charge on any atom is -0.359 e. The zero-order chi connectivity index (χ0) is 16.5. The molecule has 126 valence electrons. The number of ether oxygens (including phenoxy) is 1. The van der Waals surface area contributed by atoms with Gasteiger partial charge < -0.3 is 15.0 Å². The van der Waals surface area contributed by atoms with Gasteiger partial charge in [0.1, 0.15) is 12.6 Å². The van der Waals surface area contributed by atoms with Crippen molar-refractivity contribution in [2.24, 2.45) is 0 Å². The van der Waals surface area contributed by atoms with E-state index >= 15 is 0 Å². The molecule has 0 amide bonds. The van der Waals surface area contributed by atoms with Crippen molar-refractivity contribution in [3.63, 3.8) is 0 Å². The average molecular weight is 327 g/mol. The first-order valence-electron chi connectivity index (χ1n) is 8.39. The molecule has 0 aromatic carbocycles. The predicted octanol–water partition coefficient (Wildman–Crippen LogP) is 2.35. The Bertz CT molecular complexity index is 847. The summed E-state index contributed by atoms with van der Waals surface area (Å²) >= 11 is 0. The molecular formula is C16H21N7O. The van der Waals surface area contributed by atoms with Crippen LogP contribution in [0.5, 0.6) is 0 Å². The molecule has 1 aliphatic rings. The number of pyridine rings is 1. The number of imidazole rings is 1. The van der Waals surface area contributed by atoms with Gasteiger partial charge in [0.2, 0.25) is 11.9 Å². The number of nitrogens with one attached hydrogen (secondary N) is 2. The molecule has 0 radical (unpaired) electrons. The van der Waals surface area contributed by atoms with Gasteiger partial charge in [-0.15, -0.1) is 0 Å². The number of aromatic nitrogens is 6. The van der Waals surface area contributed by atoms with E-state index in [-0.39, 0.29) is 6.23 Å². The highest BCUT2D eigenvalue weighted by molar-refractivity contribution is 5.79. The van der Waals surface area contributed by atoms with Gasteiger partial charge >= 0.3 is 0 Å². The Labute approximate surface area is 139 Å². The lowest BCUT2D eigenvalue weighted by atomic mass is 10.1. The van der Waals surface area contributed by atoms with Crippen molar-refractivity contribution < 1.29 is 4.74 Å². The number of nitrogens with zero attached hydrogens (tertiary/aromatic N) is 5. The Kier molecular flexibility index (Phi) is 3.89. The lowest BCUT2D eigenvalue weighted by Gasteiger charge is -2.23. The van der Waals surface area contributed by atoms with Gasteiger partial charge in [-0.2, -0.15) is 14.8 Å². The fourth-order valence-corrected chi connectivity index (χ4v) is 3.12. The number of fused-ring (bicyclic) bond motifs is 1. The van der Waals surface area contributed by atoms with E-state index in [0.29, 0.717) is 11.9 Å². The van der Waals surface area contributed by atoms with E-state index in [4.69, 9.17) is 9.72 Å². The van der Waals surface area contributed by atoms with Gasteiger partial charge in [-0.05, 0) is 32.6 Å². The van der Waals surface area contributed by atoms with Gasteiger partial charge in [0.15, 0.2) is 0 Å². The third-order valence-electron chi connectivity index (χ3n) is 4.40. The second-order valence-corrected chi connectivity index (χ2v) is 5.99. The molecule has 3 aromatic heterocycles. The molecule has 0 aliphatic carbocycles. The van der Waals surface area contributed by atoms with Gasteiger partial charge in [-0.3, -0.25) is 4.98 Å². The van der Waals surface area contributed by atoms with Crippen LogP contribution in [0.3, 0.4) is 0 Å². The van der Waals surface area contributed by atoms with Crippen molar-refractivity contribution in [3.8, 4) is 5.95 Å². The molecule has 1 unspecified atom stereocenters. The van der Waals surface area contributed by atoms with Gasteiger partial charge in [-0.25, -0.2) is 4.98 Å². The molecule has 0 bridgehead atoms. The van der Waals surface area contributed by atoms with Crippen LogP contribution in [0.25, 0.3) is 17.0 Å². The number of hydrogen-bond acceptors (Lipinski definition) is 6. The summed E-state index contributed by atoms with van der Waals surface area (Å²) in [6.45, 7) is 4.90. The molecule has 1 fully saturated rings. The summed E-state index contributed by atoms with van der Waals surface area (Å²) in [5.41, 5.74) is 4.01. The second kappa shape index (κ2) is 6.20. The van der Waals surface area contributed by atoms with Crippen molar-refractivity contribution >= 4 is 17.0 Å². The van der Waals surface area contributed by atoms with E-state index in [1.165, 1.54) is 6.33 Å². The van der Waals surface area contributed by atoms with Crippen molar-refractivity contribution in [2.75, 3.05) is 11.9 Å². The number of hydrogen-bond donors (Lipinski definition) is 2. The molecule has 3 aromatic rings. The highest BCUT2D eigenvalue weighted by Gasteiger charge is 2.19. The summed E-state index contributed by atoms with van der Waals surface area (Å²) in [5, 5.41) is 7.60. The van der Waals surface area contributed by atoms with Crippen LogP contribution in [0.4, 0.5) is 5.95 Å². The minimum absolute atomic E-state index is 0.0267. The largest absolute Gasteiger partial charge is 0.359 e. The molecule has 8 nitrogen and oxygen atoms in total. The zero-order valence-electron chi connectivity index (χ0n) is 13.9. The summed E-state index contributed by atoms with van der Waals surface area (Å²) in [6, 6.07) is 0. The molecular weight excluding hydrogens is 306 g/mol. The first kappa shape index (κ1) is 15.1. The molecule has 2 N–H and O–H groups in total. The van der Waals surface area contributed by atoms with Crippen molar-refractivity contribution in [1.82, 2.24) is 29.7 Å². The molecule has 1 aliphatic heterocycles. The summed E-state index contributed by atoms with van der Waals surface area (Å²) < 4.78 is 7.39. The van der Waals surface area contributed by atoms with Crippen molar-refractivity contribution in [1.29, 1.82) is 0 Å². The topological polar surface area (TPSA) is 93.5 Å². The standard InChI is InChI=1S/C16H21N7O/c1-3-11-10(2)17-8-12-14(11)22-16(20-12)23-15(18-9-19-23)21-13-6-4-5-7-24-13/h8-9,13H,3-7H2,1-2H3,(H,20,22)(H,18,19,21). The normalized spacial score (nSPS) is 18.2. The highest BCUT2D eigenvalue weighted by Crippen LogP contribution is 2.22. The van der Waals surface area contributed by atoms with Crippen LogP contribution in [0.1, 0.15) is 37.4 Å². The molecule has 0 spiro atoms. The Morgan fingerprint density at radius 3 is 3.08 bits per heavy atom. The predicted molar refractivity (Wildman–Crippen MR) is 90.1 cm³/mol. The molecule has 4 heterocycles. The van der Waals surface area contributed by atoms with E-state index in [1.807, 2.05) is 13.1 Å². The average Bonchev–Trinajstić information content (AvgIpc) is 3.22. The van der Waals surface area contributed by atoms with Crippen LogP contribution < -0.4 is 5.32 Å². The third kappa shape index (κ3) is 2.62. The summed E-state index contributed by atoms with van der Waals surface area (Å²) in [4.78, 5) is 16.7. The summed E-state index contributed by atoms with van der Waals surface area (Å²) in [7, 11) is 0. The molecule has 1 atom stereocenters. The van der Waals surface area contributed by atoms with Gasteiger partial charge in [-0.1, -0.05) is 6.92 Å². The highest BCUT2D eigenvalue weighted by atomic mass is 16.5. The van der Waals surface area contributed by atoms with Crippen molar-refractivity contribution in [2.45, 2.75) is 45.8 Å². The number of rotatable bonds is 4. The van der Waals surface area contributed by atoms with Gasteiger partial charge in [0.25, 0.3) is 0 Å². The van der Waals surface area contributed by atoms with Crippen LogP contribution in [-0.2, 0) is 11.2 Å². The monoisotopic (exact) mass is 327 g/mol. The number of H-pyrrole nitrogens is 1. The Hall–Kier alpha value is -2.48. The van der Waals surface area contributed by atoms with Gasteiger partial charge in [0.05, 0.1) is 17.2 Å². The quantitative estimate of drug-likeness (QED) is 0.764. The summed E-state index contributed by atoms with van der Waals surface area (Å²) in [6.07, 6.45) is 7.43. The molecule has 4 rings (SSSR count). The fourth-order valence-electron chi connectivity index (χ4n) is 3.12. The fraction of sp³-hybridized carbons (Fsp3) is 0.500. The number of aromatic amines is 1. The molecule has 8 heteroatoms. The van der Waals surface area contributed by atoms with Crippen LogP contribution >= 0.6 is 0 Å². The molecule has 24 heavy (non-hydrogen) atoms. The van der Waals surface area contributed by atoms with E-state index in [0.717, 1.165) is 54.6 Å². The second-order valence-electron chi connectivity index (χ2n) is 5.99. The van der Waals surface area contributed by atoms with Crippen molar-refractivity contribution in [3.05, 3.63) is 23.8 Å². The first-order valence-corrected chi connectivity index (χ1v) is 8.39. The van der Waals surface area contributed by atoms with Crippen LogP contribution in [-0.4, -0.2) is 42.6 Å². The maximum atomic E-state index is 5.72. The third-order valence-corrected chi connectivity index (χ3v) is 4.40. The smallest absolute Gasteiger partial charge is 0.232 e. The minimum atomic E-state index is -0.0267. The maximum Gasteiger partial charge on any atom is 0.232 e. The van der Waals surface area contributed by atoms with Crippen LogP contribution in [0, 0.1) is 6.92 Å². The van der Waals surface area contributed by atoms with E-state index < -0.39 is 0 Å². The van der Waals surface area contributed by atoms with E-state index in [9.17, 15) is 0 Å². The molecule has 1 saturated heterocycles. The molecule has 0 saturated carbocycles. The maximum absolute atomic E-state index is 5.72. The zero-order valence-corrected chi connectivity index (χ0v) is 13.9. The van der Waals surface area contributed by atoms with Gasteiger partial charge in [0, 0.05) is 17.9 Å². The number of aryl methyl sites for hydroxylation is 2. The Morgan fingerprint density at radius 2 is 2.29 bits per heavy atom. The summed E-state index contributed by atoms with van der Waals surface area (Å²) in [5.74, 6) is 1.26. The van der Waals surface area contributed by atoms with E-state index in [1.54, 1.807) is 4.68 Å². The SMILES string of the molecule is CCc1c(C)ncc2[nH]c(-n3ncnc3NC3CCCCO3)nc12. The first-order chi connectivity index (χ1) is 11.8. The van der Waals surface area contributed by atoms with Crippen LogP contribution in [0.15, 0.2) is 12.5 Å². The Balaban J connectivity index is 1.69. The lowest BCUT2D eigenvalue weighted by molar-refractivity contribution is 0.0337. The Morgan fingerprint density at radius 1 is 1.38 bits per heavy atom. The number of anilines is 1.